The van der Waals surface area contributed by atoms with Gasteiger partial charge in [-0.1, -0.05) is 25.4 Å². The molecule has 0 spiro atoms. The molecule has 7 heteroatoms. The molecule has 2 aromatic rings. The highest BCUT2D eigenvalue weighted by molar-refractivity contribution is 6.30. The summed E-state index contributed by atoms with van der Waals surface area (Å²) in [4.78, 5) is 25.0. The topological polar surface area (TPSA) is 92.3 Å². The van der Waals surface area contributed by atoms with Gasteiger partial charge in [-0.2, -0.15) is 5.26 Å². The molecular weight excluding hydrogens is 356 g/mol. The van der Waals surface area contributed by atoms with Gasteiger partial charge in [-0.05, 0) is 42.7 Å². The SMILES string of the molecule is Cc1c(C(=O)COc2ccc(Cl)cc2)c(O)n(CC(C)C)c(=O)c1C#N. The van der Waals surface area contributed by atoms with Crippen LogP contribution in [0.1, 0.15) is 35.3 Å². The maximum absolute atomic E-state index is 12.6. The average molecular weight is 375 g/mol. The van der Waals surface area contributed by atoms with E-state index in [1.54, 1.807) is 24.3 Å². The van der Waals surface area contributed by atoms with Gasteiger partial charge in [0.2, 0.25) is 11.7 Å². The molecule has 26 heavy (non-hydrogen) atoms. The number of aromatic hydroxyl groups is 1. The third-order valence-corrected chi connectivity index (χ3v) is 4.06. The van der Waals surface area contributed by atoms with E-state index in [1.807, 2.05) is 19.9 Å². The van der Waals surface area contributed by atoms with E-state index >= 15 is 0 Å². The number of pyridine rings is 1. The van der Waals surface area contributed by atoms with Crippen LogP contribution in [0.4, 0.5) is 0 Å². The van der Waals surface area contributed by atoms with E-state index < -0.39 is 17.2 Å². The second-order valence-electron chi connectivity index (χ2n) is 6.29. The van der Waals surface area contributed by atoms with E-state index in [4.69, 9.17) is 16.3 Å². The fourth-order valence-corrected chi connectivity index (χ4v) is 2.70. The zero-order valence-electron chi connectivity index (χ0n) is 14.7. The normalized spacial score (nSPS) is 10.6. The van der Waals surface area contributed by atoms with E-state index in [9.17, 15) is 20.0 Å². The summed E-state index contributed by atoms with van der Waals surface area (Å²) in [7, 11) is 0. The van der Waals surface area contributed by atoms with Crippen molar-refractivity contribution < 1.29 is 14.6 Å². The van der Waals surface area contributed by atoms with Crippen molar-refractivity contribution in [2.75, 3.05) is 6.61 Å². The minimum Gasteiger partial charge on any atom is -0.494 e. The number of halogens is 1. The summed E-state index contributed by atoms with van der Waals surface area (Å²) in [5.74, 6) is -0.481. The lowest BCUT2D eigenvalue weighted by Crippen LogP contribution is -2.29. The Balaban J connectivity index is 2.40. The minimum atomic E-state index is -0.605. The summed E-state index contributed by atoms with van der Waals surface area (Å²) in [6.45, 7) is 5.04. The van der Waals surface area contributed by atoms with Crippen molar-refractivity contribution in [1.29, 1.82) is 5.26 Å². The summed E-state index contributed by atoms with van der Waals surface area (Å²) in [5.41, 5.74) is -0.680. The molecule has 0 atom stereocenters. The number of hydrogen-bond acceptors (Lipinski definition) is 5. The number of benzene rings is 1. The molecule has 1 aromatic carbocycles. The zero-order valence-corrected chi connectivity index (χ0v) is 15.5. The second kappa shape index (κ2) is 8.07. The molecule has 0 amide bonds. The monoisotopic (exact) mass is 374 g/mol. The predicted molar refractivity (Wildman–Crippen MR) is 97.9 cm³/mol. The van der Waals surface area contributed by atoms with Crippen LogP contribution in [0.5, 0.6) is 11.6 Å². The molecule has 0 fully saturated rings. The van der Waals surface area contributed by atoms with Gasteiger partial charge >= 0.3 is 0 Å². The number of carbonyl (C=O) groups is 1. The van der Waals surface area contributed by atoms with Crippen LogP contribution in [0.15, 0.2) is 29.1 Å². The molecule has 0 saturated heterocycles. The van der Waals surface area contributed by atoms with Gasteiger partial charge in [0, 0.05) is 11.6 Å². The Morgan fingerprint density at radius 1 is 1.35 bits per heavy atom. The van der Waals surface area contributed by atoms with Crippen LogP contribution < -0.4 is 10.3 Å². The Morgan fingerprint density at radius 2 is 1.96 bits per heavy atom. The zero-order chi connectivity index (χ0) is 19.4. The van der Waals surface area contributed by atoms with Gasteiger partial charge in [0.05, 0.1) is 5.56 Å². The molecule has 0 aliphatic carbocycles. The lowest BCUT2D eigenvalue weighted by atomic mass is 10.0. The van der Waals surface area contributed by atoms with Gasteiger partial charge in [0.15, 0.2) is 6.61 Å². The average Bonchev–Trinajstić information content (AvgIpc) is 2.58. The number of ketones is 1. The first-order valence-corrected chi connectivity index (χ1v) is 8.42. The van der Waals surface area contributed by atoms with E-state index in [0.29, 0.717) is 10.8 Å². The van der Waals surface area contributed by atoms with Crippen LogP contribution in [0.2, 0.25) is 5.02 Å². The predicted octanol–water partition coefficient (Wildman–Crippen LogP) is 3.31. The van der Waals surface area contributed by atoms with Crippen molar-refractivity contribution in [3.05, 3.63) is 56.3 Å². The molecule has 0 radical (unpaired) electrons. The Hall–Kier alpha value is -2.78. The smallest absolute Gasteiger partial charge is 0.271 e. The highest BCUT2D eigenvalue weighted by Crippen LogP contribution is 2.24. The molecule has 1 heterocycles. The summed E-state index contributed by atoms with van der Waals surface area (Å²) < 4.78 is 6.48. The summed E-state index contributed by atoms with van der Waals surface area (Å²) >= 11 is 5.80. The Labute approximate surface area is 156 Å². The number of aromatic nitrogens is 1. The Kier molecular flexibility index (Phi) is 6.06. The lowest BCUT2D eigenvalue weighted by molar-refractivity contribution is 0.0916. The summed E-state index contributed by atoms with van der Waals surface area (Å²) in [5, 5.41) is 20.3. The highest BCUT2D eigenvalue weighted by atomic mass is 35.5. The van der Waals surface area contributed by atoms with E-state index in [1.165, 1.54) is 6.92 Å². The number of ether oxygens (including phenoxy) is 1. The molecule has 1 N–H and O–H groups in total. The second-order valence-corrected chi connectivity index (χ2v) is 6.72. The number of hydrogen-bond donors (Lipinski definition) is 1. The van der Waals surface area contributed by atoms with Crippen molar-refractivity contribution in [2.45, 2.75) is 27.3 Å². The molecule has 0 aliphatic rings. The molecule has 6 nitrogen and oxygen atoms in total. The molecule has 136 valence electrons. The van der Waals surface area contributed by atoms with Crippen molar-refractivity contribution in [3.63, 3.8) is 0 Å². The lowest BCUT2D eigenvalue weighted by Gasteiger charge is -2.17. The Bertz CT molecular complexity index is 925. The van der Waals surface area contributed by atoms with Crippen LogP contribution in [-0.4, -0.2) is 22.1 Å². The molecule has 1 aromatic heterocycles. The fourth-order valence-electron chi connectivity index (χ4n) is 2.57. The van der Waals surface area contributed by atoms with Crippen molar-refractivity contribution in [2.24, 2.45) is 5.92 Å². The number of nitriles is 1. The summed E-state index contributed by atoms with van der Waals surface area (Å²) in [6, 6.07) is 8.31. The fraction of sp³-hybridized carbons (Fsp3) is 0.316. The van der Waals surface area contributed by atoms with Gasteiger partial charge in [-0.25, -0.2) is 0 Å². The maximum atomic E-state index is 12.6. The highest BCUT2D eigenvalue weighted by Gasteiger charge is 2.24. The molecular formula is C19H19ClN2O4. The van der Waals surface area contributed by atoms with Crippen molar-refractivity contribution in [3.8, 4) is 17.7 Å². The van der Waals surface area contributed by atoms with E-state index in [2.05, 4.69) is 0 Å². The third-order valence-electron chi connectivity index (χ3n) is 3.81. The number of nitrogens with zero attached hydrogens (tertiary/aromatic N) is 2. The minimum absolute atomic E-state index is 0.0427. The first kappa shape index (κ1) is 19.5. The first-order valence-electron chi connectivity index (χ1n) is 8.04. The van der Waals surface area contributed by atoms with Crippen molar-refractivity contribution >= 4 is 17.4 Å². The Morgan fingerprint density at radius 3 is 2.50 bits per heavy atom. The van der Waals surface area contributed by atoms with Gasteiger partial charge in [0.25, 0.3) is 5.56 Å². The van der Waals surface area contributed by atoms with E-state index in [0.717, 1.165) is 4.57 Å². The third kappa shape index (κ3) is 4.06. The van der Waals surface area contributed by atoms with Crippen LogP contribution in [-0.2, 0) is 6.54 Å². The van der Waals surface area contributed by atoms with Crippen molar-refractivity contribution in [1.82, 2.24) is 4.57 Å². The van der Waals surface area contributed by atoms with Gasteiger partial charge in [-0.15, -0.1) is 0 Å². The number of carbonyl (C=O) groups excluding carboxylic acids is 1. The molecule has 0 unspecified atom stereocenters. The van der Waals surface area contributed by atoms with E-state index in [-0.39, 0.29) is 35.8 Å². The van der Waals surface area contributed by atoms with Crippen LogP contribution in [0.3, 0.4) is 0 Å². The largest absolute Gasteiger partial charge is 0.494 e. The number of rotatable bonds is 6. The van der Waals surface area contributed by atoms with Gasteiger partial charge < -0.3 is 9.84 Å². The summed E-state index contributed by atoms with van der Waals surface area (Å²) in [6.07, 6.45) is 0. The van der Waals surface area contributed by atoms with Crippen LogP contribution in [0, 0.1) is 24.2 Å². The maximum Gasteiger partial charge on any atom is 0.271 e. The van der Waals surface area contributed by atoms with Crippen LogP contribution in [0.25, 0.3) is 0 Å². The molecule has 2 rings (SSSR count). The molecule has 0 saturated carbocycles. The number of Topliss-reactive ketones (excluding diaryl/α,β-unsaturated/α-hetero) is 1. The van der Waals surface area contributed by atoms with Gasteiger partial charge in [0.1, 0.15) is 17.4 Å². The molecule has 0 aliphatic heterocycles. The quantitative estimate of drug-likeness (QED) is 0.783. The standard InChI is InChI=1S/C19H19ClN2O4/c1-11(2)9-22-18(24)15(8-21)12(3)17(19(22)25)16(23)10-26-14-6-4-13(20)5-7-14/h4-7,11,25H,9-10H2,1-3H3. The molecule has 0 bridgehead atoms. The van der Waals surface area contributed by atoms with Crippen LogP contribution >= 0.6 is 11.6 Å². The first-order chi connectivity index (χ1) is 12.3. The van der Waals surface area contributed by atoms with Gasteiger partial charge in [-0.3, -0.25) is 14.2 Å².